The predicted molar refractivity (Wildman–Crippen MR) is 75.8 cm³/mol. The number of carbonyl (C=O) groups excluding carboxylic acids is 1. The lowest BCUT2D eigenvalue weighted by Crippen LogP contribution is -2.26. The Morgan fingerprint density at radius 3 is 2.79 bits per heavy atom. The summed E-state index contributed by atoms with van der Waals surface area (Å²) in [6, 6.07) is 5.79. The molecule has 1 saturated carbocycles. The van der Waals surface area contributed by atoms with Crippen LogP contribution in [0, 0.1) is 5.92 Å². The number of benzene rings is 1. The van der Waals surface area contributed by atoms with Gasteiger partial charge in [0, 0.05) is 5.56 Å². The van der Waals surface area contributed by atoms with Gasteiger partial charge in [-0.15, -0.1) is 0 Å². The van der Waals surface area contributed by atoms with E-state index < -0.39 is 0 Å². The summed E-state index contributed by atoms with van der Waals surface area (Å²) in [6.45, 7) is 0. The summed E-state index contributed by atoms with van der Waals surface area (Å²) < 4.78 is 6.12. The number of ether oxygens (including phenoxy) is 1. The number of fused-ring (bicyclic) bond motifs is 1. The van der Waals surface area contributed by atoms with Crippen LogP contribution in [0.25, 0.3) is 0 Å². The summed E-state index contributed by atoms with van der Waals surface area (Å²) in [6.07, 6.45) is 11.7. The second-order valence-corrected chi connectivity index (χ2v) is 6.00. The molecule has 1 atom stereocenters. The lowest BCUT2D eigenvalue weighted by molar-refractivity contribution is 0.112. The highest BCUT2D eigenvalue weighted by molar-refractivity contribution is 5.75. The Balaban J connectivity index is 1.63. The van der Waals surface area contributed by atoms with Crippen molar-refractivity contribution in [1.29, 1.82) is 0 Å². The van der Waals surface area contributed by atoms with Crippen LogP contribution in [-0.4, -0.2) is 12.4 Å². The molecule has 19 heavy (non-hydrogen) atoms. The van der Waals surface area contributed by atoms with Crippen molar-refractivity contribution in [3.8, 4) is 5.75 Å². The maximum atomic E-state index is 10.8. The molecule has 1 aromatic rings. The summed E-state index contributed by atoms with van der Waals surface area (Å²) in [5.41, 5.74) is 1.96. The zero-order valence-corrected chi connectivity index (χ0v) is 11.4. The fourth-order valence-electron chi connectivity index (χ4n) is 3.50. The fraction of sp³-hybridized carbons (Fsp3) is 0.588. The van der Waals surface area contributed by atoms with Crippen LogP contribution in [-0.2, 0) is 6.42 Å². The smallest absolute Gasteiger partial charge is 0.150 e. The van der Waals surface area contributed by atoms with E-state index in [1.54, 1.807) is 0 Å². The molecule has 102 valence electrons. The molecule has 0 bridgehead atoms. The van der Waals surface area contributed by atoms with Gasteiger partial charge in [-0.1, -0.05) is 32.1 Å². The Morgan fingerprint density at radius 2 is 2.00 bits per heavy atom. The fourth-order valence-corrected chi connectivity index (χ4v) is 3.50. The van der Waals surface area contributed by atoms with Crippen LogP contribution >= 0.6 is 0 Å². The van der Waals surface area contributed by atoms with Crippen molar-refractivity contribution < 1.29 is 9.53 Å². The van der Waals surface area contributed by atoms with Gasteiger partial charge in [0.15, 0.2) is 0 Å². The third kappa shape index (κ3) is 2.99. The first-order valence-corrected chi connectivity index (χ1v) is 7.60. The second kappa shape index (κ2) is 5.77. The normalized spacial score (nSPS) is 23.5. The minimum atomic E-state index is 0.387. The summed E-state index contributed by atoms with van der Waals surface area (Å²) in [5, 5.41) is 0. The van der Waals surface area contributed by atoms with E-state index in [2.05, 4.69) is 0 Å². The van der Waals surface area contributed by atoms with Crippen molar-refractivity contribution in [2.75, 3.05) is 0 Å². The molecule has 2 heteroatoms. The van der Waals surface area contributed by atoms with E-state index in [0.717, 1.165) is 36.4 Å². The molecular weight excluding hydrogens is 236 g/mol. The molecule has 0 radical (unpaired) electrons. The molecule has 1 heterocycles. The minimum Gasteiger partial charge on any atom is -0.490 e. The van der Waals surface area contributed by atoms with E-state index in [-0.39, 0.29) is 0 Å². The summed E-state index contributed by atoms with van der Waals surface area (Å²) in [5.74, 6) is 1.87. The highest BCUT2D eigenvalue weighted by Crippen LogP contribution is 2.34. The third-order valence-electron chi connectivity index (χ3n) is 4.57. The average Bonchev–Trinajstić information content (AvgIpc) is 2.48. The predicted octanol–water partition coefficient (Wildman–Crippen LogP) is 4.16. The standard InChI is InChI=1S/C17H22O2/c18-12-14-6-9-17-15(10-14)7-8-16(19-17)11-13-4-2-1-3-5-13/h6,9-10,12-13,16H,1-5,7-8,11H2/t16-/m1/s1. The van der Waals surface area contributed by atoms with Crippen LogP contribution in [0.4, 0.5) is 0 Å². The zero-order chi connectivity index (χ0) is 13.1. The molecule has 2 aliphatic rings. The second-order valence-electron chi connectivity index (χ2n) is 6.00. The molecule has 0 amide bonds. The first-order valence-electron chi connectivity index (χ1n) is 7.60. The molecule has 1 aliphatic heterocycles. The Kier molecular flexibility index (Phi) is 3.86. The maximum absolute atomic E-state index is 10.8. The largest absolute Gasteiger partial charge is 0.490 e. The van der Waals surface area contributed by atoms with E-state index in [4.69, 9.17) is 4.74 Å². The van der Waals surface area contributed by atoms with E-state index in [1.165, 1.54) is 44.1 Å². The van der Waals surface area contributed by atoms with E-state index in [1.807, 2.05) is 18.2 Å². The zero-order valence-electron chi connectivity index (χ0n) is 11.4. The first kappa shape index (κ1) is 12.7. The Labute approximate surface area is 115 Å². The van der Waals surface area contributed by atoms with Gasteiger partial charge in [-0.05, 0) is 48.9 Å². The van der Waals surface area contributed by atoms with Crippen LogP contribution < -0.4 is 4.74 Å². The molecular formula is C17H22O2. The summed E-state index contributed by atoms with van der Waals surface area (Å²) in [4.78, 5) is 10.8. The number of aryl methyl sites for hydroxylation is 1. The van der Waals surface area contributed by atoms with E-state index in [0.29, 0.717) is 6.10 Å². The molecule has 3 rings (SSSR count). The average molecular weight is 258 g/mol. The van der Waals surface area contributed by atoms with Crippen molar-refractivity contribution in [3.05, 3.63) is 29.3 Å². The number of carbonyl (C=O) groups is 1. The molecule has 0 spiro atoms. The molecule has 2 nitrogen and oxygen atoms in total. The van der Waals surface area contributed by atoms with Gasteiger partial charge in [-0.25, -0.2) is 0 Å². The molecule has 0 unspecified atom stereocenters. The van der Waals surface area contributed by atoms with Crippen molar-refractivity contribution in [1.82, 2.24) is 0 Å². The van der Waals surface area contributed by atoms with E-state index in [9.17, 15) is 4.79 Å². The lowest BCUT2D eigenvalue weighted by atomic mass is 9.84. The Bertz CT molecular complexity index is 447. The van der Waals surface area contributed by atoms with Gasteiger partial charge < -0.3 is 4.74 Å². The van der Waals surface area contributed by atoms with Crippen molar-refractivity contribution in [2.24, 2.45) is 5.92 Å². The number of rotatable bonds is 3. The van der Waals surface area contributed by atoms with Gasteiger partial charge in [-0.3, -0.25) is 4.79 Å². The van der Waals surface area contributed by atoms with Crippen molar-refractivity contribution >= 4 is 6.29 Å². The van der Waals surface area contributed by atoms with Crippen LogP contribution in [0.15, 0.2) is 18.2 Å². The Hall–Kier alpha value is -1.31. The number of aldehydes is 1. The molecule has 1 aromatic carbocycles. The van der Waals surface area contributed by atoms with E-state index >= 15 is 0 Å². The molecule has 0 saturated heterocycles. The van der Waals surface area contributed by atoms with Crippen LogP contribution in [0.3, 0.4) is 0 Å². The summed E-state index contributed by atoms with van der Waals surface area (Å²) in [7, 11) is 0. The minimum absolute atomic E-state index is 0.387. The first-order chi connectivity index (χ1) is 9.35. The monoisotopic (exact) mass is 258 g/mol. The third-order valence-corrected chi connectivity index (χ3v) is 4.57. The number of hydrogen-bond donors (Lipinski definition) is 0. The summed E-state index contributed by atoms with van der Waals surface area (Å²) >= 11 is 0. The van der Waals surface area contributed by atoms with Gasteiger partial charge in [-0.2, -0.15) is 0 Å². The quantitative estimate of drug-likeness (QED) is 0.761. The molecule has 0 N–H and O–H groups in total. The molecule has 1 fully saturated rings. The van der Waals surface area contributed by atoms with Crippen LogP contribution in [0.1, 0.15) is 60.9 Å². The van der Waals surface area contributed by atoms with Crippen LogP contribution in [0.2, 0.25) is 0 Å². The molecule has 1 aliphatic carbocycles. The maximum Gasteiger partial charge on any atom is 0.150 e. The van der Waals surface area contributed by atoms with Crippen LogP contribution in [0.5, 0.6) is 5.75 Å². The Morgan fingerprint density at radius 1 is 1.16 bits per heavy atom. The van der Waals surface area contributed by atoms with Gasteiger partial charge in [0.05, 0.1) is 6.10 Å². The highest BCUT2D eigenvalue weighted by Gasteiger charge is 2.24. The molecule has 0 aromatic heterocycles. The van der Waals surface area contributed by atoms with Crippen molar-refractivity contribution in [3.63, 3.8) is 0 Å². The highest BCUT2D eigenvalue weighted by atomic mass is 16.5. The van der Waals surface area contributed by atoms with Gasteiger partial charge in [0.1, 0.15) is 12.0 Å². The SMILES string of the molecule is O=Cc1ccc2c(c1)CC[C@H](CC1CCCCC1)O2. The van der Waals surface area contributed by atoms with Gasteiger partial charge in [0.25, 0.3) is 0 Å². The number of hydrogen-bond acceptors (Lipinski definition) is 2. The lowest BCUT2D eigenvalue weighted by Gasteiger charge is -2.30. The van der Waals surface area contributed by atoms with Crippen molar-refractivity contribution in [2.45, 2.75) is 57.5 Å². The topological polar surface area (TPSA) is 26.3 Å². The van der Waals surface area contributed by atoms with Gasteiger partial charge in [0.2, 0.25) is 0 Å². The van der Waals surface area contributed by atoms with Gasteiger partial charge >= 0.3 is 0 Å².